The number of aliphatic imine (C=N–C) groups is 2. The van der Waals surface area contributed by atoms with Crippen LogP contribution < -0.4 is 20.2 Å². The number of benzene rings is 3. The van der Waals surface area contributed by atoms with Gasteiger partial charge in [0.15, 0.2) is 0 Å². The molecule has 13 heteroatoms. The second-order valence-electron chi connectivity index (χ2n) is 14.3. The third-order valence-electron chi connectivity index (χ3n) is 10.7. The van der Waals surface area contributed by atoms with Crippen molar-refractivity contribution >= 4 is 23.9 Å². The largest absolute Gasteiger partial charge is 0.493 e. The third-order valence-corrected chi connectivity index (χ3v) is 10.7. The van der Waals surface area contributed by atoms with Crippen LogP contribution in [0.2, 0.25) is 0 Å². The minimum atomic E-state index is -0.846. The number of hydrogen-bond acceptors (Lipinski definition) is 9. The number of piperazine rings is 1. The lowest BCUT2D eigenvalue weighted by molar-refractivity contribution is -0.0129. The van der Waals surface area contributed by atoms with Crippen molar-refractivity contribution in [3.63, 3.8) is 0 Å². The van der Waals surface area contributed by atoms with Crippen molar-refractivity contribution in [2.75, 3.05) is 49.2 Å². The van der Waals surface area contributed by atoms with Gasteiger partial charge in [0.2, 0.25) is 0 Å². The molecule has 4 unspecified atom stereocenters. The van der Waals surface area contributed by atoms with Gasteiger partial charge in [-0.1, -0.05) is 13.0 Å². The van der Waals surface area contributed by atoms with E-state index in [4.69, 9.17) is 9.47 Å². The molecule has 3 aliphatic heterocycles. The highest BCUT2D eigenvalue weighted by atomic mass is 19.1. The maximum atomic E-state index is 15.1. The van der Waals surface area contributed by atoms with Crippen LogP contribution in [0.25, 0.3) is 5.69 Å². The third kappa shape index (κ3) is 8.06. The number of aliphatic hydroxyl groups is 1. The summed E-state index contributed by atoms with van der Waals surface area (Å²) in [5.74, 6) is -0.377. The van der Waals surface area contributed by atoms with Crippen molar-refractivity contribution in [1.29, 1.82) is 0 Å². The van der Waals surface area contributed by atoms with Crippen LogP contribution in [-0.4, -0.2) is 83.5 Å². The zero-order valence-electron chi connectivity index (χ0n) is 30.2. The molecular formula is C40H47F2N7O4. The predicted molar refractivity (Wildman–Crippen MR) is 202 cm³/mol. The number of aliphatic hydroxyl groups excluding tert-OH is 1. The first-order valence-corrected chi connectivity index (χ1v) is 18.5. The Morgan fingerprint density at radius 1 is 0.981 bits per heavy atom. The first-order valence-electron chi connectivity index (χ1n) is 18.5. The van der Waals surface area contributed by atoms with Crippen LogP contribution in [0, 0.1) is 17.6 Å². The Balaban J connectivity index is 0.909. The van der Waals surface area contributed by atoms with Crippen LogP contribution in [-0.2, 0) is 10.3 Å². The molecule has 4 heterocycles. The molecule has 0 saturated carbocycles. The van der Waals surface area contributed by atoms with E-state index in [0.717, 1.165) is 67.9 Å². The topological polar surface area (TPSA) is 110 Å². The Labute approximate surface area is 308 Å². The second kappa shape index (κ2) is 16.0. The monoisotopic (exact) mass is 727 g/mol. The van der Waals surface area contributed by atoms with Gasteiger partial charge < -0.3 is 24.4 Å². The Morgan fingerprint density at radius 2 is 1.66 bits per heavy atom. The standard InChI is InChI=1S/C40H47F2N7O4/c1-3-38(28(2)50)49-39(51)48(27-45-49)34-9-7-32(8-10-34)46-17-19-47(20-18-46)33-11-13-35(14-12-33)52-24-29-22-40(53-25-29,16-4-5-31-23-43-26-44-31)36-15-6-30(41)21-37(36)42/h6-15,21,23,26-29,31,38,50H,3-5,16-20,22,24-25H2,1-2H3/t28-,29?,31?,38?,40?/m0/s1. The molecule has 3 aliphatic rings. The van der Waals surface area contributed by atoms with E-state index < -0.39 is 23.3 Å². The van der Waals surface area contributed by atoms with E-state index >= 15 is 4.39 Å². The summed E-state index contributed by atoms with van der Waals surface area (Å²) in [5.41, 5.74) is 2.23. The molecule has 2 fully saturated rings. The minimum absolute atomic E-state index is 0.0319. The van der Waals surface area contributed by atoms with Crippen molar-refractivity contribution in [3.8, 4) is 11.4 Å². The van der Waals surface area contributed by atoms with Crippen molar-refractivity contribution in [1.82, 2.24) is 14.3 Å². The highest BCUT2D eigenvalue weighted by molar-refractivity contribution is 5.82. The number of ether oxygens (including phenoxy) is 2. The van der Waals surface area contributed by atoms with E-state index in [0.29, 0.717) is 38.0 Å². The molecule has 0 radical (unpaired) electrons. The zero-order chi connectivity index (χ0) is 37.0. The average Bonchev–Trinajstić information content (AvgIpc) is 3.93. The average molecular weight is 728 g/mol. The van der Waals surface area contributed by atoms with Crippen LogP contribution in [0.3, 0.4) is 0 Å². The summed E-state index contributed by atoms with van der Waals surface area (Å²) in [5, 5.41) is 14.3. The van der Waals surface area contributed by atoms with Crippen molar-refractivity contribution < 1.29 is 23.4 Å². The summed E-state index contributed by atoms with van der Waals surface area (Å²) in [7, 11) is 0. The molecule has 1 N–H and O–H groups in total. The number of rotatable bonds is 14. The van der Waals surface area contributed by atoms with E-state index in [-0.39, 0.29) is 23.7 Å². The molecule has 7 rings (SSSR count). The van der Waals surface area contributed by atoms with Gasteiger partial charge in [0.25, 0.3) is 0 Å². The fraction of sp³-hybridized carbons (Fsp3) is 0.450. The summed E-state index contributed by atoms with van der Waals surface area (Å²) in [6.07, 6.45) is 7.54. The Bertz CT molecular complexity index is 1940. The molecular weight excluding hydrogens is 680 g/mol. The second-order valence-corrected chi connectivity index (χ2v) is 14.3. The van der Waals surface area contributed by atoms with Crippen molar-refractivity contribution in [2.45, 2.75) is 69.7 Å². The summed E-state index contributed by atoms with van der Waals surface area (Å²) in [6, 6.07) is 19.5. The van der Waals surface area contributed by atoms with Gasteiger partial charge in [-0.15, -0.1) is 0 Å². The molecule has 1 aromatic heterocycles. The Morgan fingerprint density at radius 3 is 2.28 bits per heavy atom. The summed E-state index contributed by atoms with van der Waals surface area (Å²) >= 11 is 0. The smallest absolute Gasteiger partial charge is 0.350 e. The first kappa shape index (κ1) is 36.5. The van der Waals surface area contributed by atoms with Crippen LogP contribution in [0.5, 0.6) is 5.75 Å². The van der Waals surface area contributed by atoms with E-state index in [1.54, 1.807) is 13.3 Å². The minimum Gasteiger partial charge on any atom is -0.493 e. The van der Waals surface area contributed by atoms with Gasteiger partial charge in [-0.3, -0.25) is 4.99 Å². The number of anilines is 2. The number of hydrogen-bond donors (Lipinski definition) is 1. The Kier molecular flexibility index (Phi) is 11.0. The maximum Gasteiger partial charge on any atom is 0.350 e. The molecule has 280 valence electrons. The van der Waals surface area contributed by atoms with Gasteiger partial charge in [-0.05, 0) is 93.6 Å². The van der Waals surface area contributed by atoms with Gasteiger partial charge in [0.1, 0.15) is 30.0 Å². The summed E-state index contributed by atoms with van der Waals surface area (Å²) in [4.78, 5) is 26.1. The van der Waals surface area contributed by atoms with E-state index in [2.05, 4.69) is 37.0 Å². The quantitative estimate of drug-likeness (QED) is 0.172. The fourth-order valence-corrected chi connectivity index (χ4v) is 7.82. The van der Waals surface area contributed by atoms with Crippen LogP contribution in [0.1, 0.15) is 57.6 Å². The molecule has 11 nitrogen and oxygen atoms in total. The van der Waals surface area contributed by atoms with Crippen LogP contribution >= 0.6 is 0 Å². The highest BCUT2D eigenvalue weighted by Gasteiger charge is 2.43. The number of nitrogens with zero attached hydrogens (tertiary/aromatic N) is 7. The highest BCUT2D eigenvalue weighted by Crippen LogP contribution is 2.44. The fourth-order valence-electron chi connectivity index (χ4n) is 7.82. The maximum absolute atomic E-state index is 15.1. The summed E-state index contributed by atoms with van der Waals surface area (Å²) in [6.45, 7) is 7.86. The van der Waals surface area contributed by atoms with Gasteiger partial charge in [-0.2, -0.15) is 5.10 Å². The lowest BCUT2D eigenvalue weighted by Gasteiger charge is -2.37. The number of halogens is 2. The van der Waals surface area contributed by atoms with Crippen LogP contribution in [0.4, 0.5) is 20.2 Å². The molecule has 0 spiro atoms. The van der Waals surface area contributed by atoms with Crippen molar-refractivity contribution in [2.24, 2.45) is 15.9 Å². The van der Waals surface area contributed by atoms with E-state index in [9.17, 15) is 14.3 Å². The summed E-state index contributed by atoms with van der Waals surface area (Å²) < 4.78 is 44.3. The number of aromatic nitrogens is 3. The lowest BCUT2D eigenvalue weighted by atomic mass is 9.82. The lowest BCUT2D eigenvalue weighted by Crippen LogP contribution is -2.46. The first-order chi connectivity index (χ1) is 25.7. The van der Waals surface area contributed by atoms with Gasteiger partial charge in [0, 0.05) is 61.3 Å². The Hall–Kier alpha value is -4.88. The molecule has 0 amide bonds. The van der Waals surface area contributed by atoms with E-state index in [1.807, 2.05) is 49.5 Å². The van der Waals surface area contributed by atoms with Gasteiger partial charge in [-0.25, -0.2) is 27.8 Å². The molecule has 3 aromatic carbocycles. The van der Waals surface area contributed by atoms with Gasteiger partial charge >= 0.3 is 5.69 Å². The molecule has 5 atom stereocenters. The van der Waals surface area contributed by atoms with Crippen LogP contribution in [0.15, 0.2) is 87.8 Å². The van der Waals surface area contributed by atoms with E-state index in [1.165, 1.54) is 27.7 Å². The molecule has 4 aromatic rings. The SMILES string of the molecule is CCC([C@H](C)O)n1ncn(-c2ccc(N3CCN(c4ccc(OCC5COC(CCCC6C=NC=N6)(c6ccc(F)cc6F)C5)cc4)CC3)cc2)c1=O. The predicted octanol–water partition coefficient (Wildman–Crippen LogP) is 5.93. The molecule has 53 heavy (non-hydrogen) atoms. The molecule has 2 saturated heterocycles. The molecule has 0 aliphatic carbocycles. The van der Waals surface area contributed by atoms with Gasteiger partial charge in [0.05, 0.1) is 42.7 Å². The molecule has 0 bridgehead atoms. The van der Waals surface area contributed by atoms with Crippen molar-refractivity contribution in [3.05, 3.63) is 101 Å². The normalized spacial score (nSPS) is 22.4. The zero-order valence-corrected chi connectivity index (χ0v) is 30.2.